The van der Waals surface area contributed by atoms with Gasteiger partial charge in [-0.25, -0.2) is 0 Å². The van der Waals surface area contributed by atoms with Crippen LogP contribution < -0.4 is 0 Å². The van der Waals surface area contributed by atoms with E-state index in [0.29, 0.717) is 11.7 Å². The van der Waals surface area contributed by atoms with Gasteiger partial charge in [-0.05, 0) is 42.9 Å². The number of hydrogen-bond acceptors (Lipinski definition) is 1. The van der Waals surface area contributed by atoms with Crippen LogP contribution in [0.15, 0.2) is 18.2 Å². The summed E-state index contributed by atoms with van der Waals surface area (Å²) in [6, 6.07) is 6.04. The van der Waals surface area contributed by atoms with Crippen LogP contribution in [-0.2, 0) is 0 Å². The van der Waals surface area contributed by atoms with Gasteiger partial charge in [-0.2, -0.15) is 0 Å². The van der Waals surface area contributed by atoms with E-state index >= 15 is 0 Å². The first-order valence-electron chi connectivity index (χ1n) is 5.07. The van der Waals surface area contributed by atoms with Gasteiger partial charge in [0.15, 0.2) is 0 Å². The molecule has 0 spiro atoms. The van der Waals surface area contributed by atoms with Crippen molar-refractivity contribution in [2.45, 2.75) is 38.5 Å². The Morgan fingerprint density at radius 2 is 1.92 bits per heavy atom. The normalized spacial score (nSPS) is 17.9. The molecule has 0 saturated heterocycles. The Labute approximate surface area is 79.4 Å². The predicted molar refractivity (Wildman–Crippen MR) is 54.1 cm³/mol. The third kappa shape index (κ3) is 1.69. The SMILES string of the molecule is Cc1ccc(C2CCCC2)c(O)c1. The van der Waals surface area contributed by atoms with Crippen molar-refractivity contribution in [1.29, 1.82) is 0 Å². The van der Waals surface area contributed by atoms with Crippen LogP contribution in [0.2, 0.25) is 0 Å². The number of benzene rings is 1. The number of hydrogen-bond donors (Lipinski definition) is 1. The van der Waals surface area contributed by atoms with Crippen molar-refractivity contribution < 1.29 is 5.11 Å². The summed E-state index contributed by atoms with van der Waals surface area (Å²) >= 11 is 0. The van der Waals surface area contributed by atoms with E-state index in [4.69, 9.17) is 0 Å². The number of rotatable bonds is 1. The molecule has 1 fully saturated rings. The van der Waals surface area contributed by atoms with Crippen LogP contribution in [0.5, 0.6) is 5.75 Å². The summed E-state index contributed by atoms with van der Waals surface area (Å²) < 4.78 is 0. The molecule has 1 N–H and O–H groups in total. The van der Waals surface area contributed by atoms with Gasteiger partial charge >= 0.3 is 0 Å². The van der Waals surface area contributed by atoms with Crippen LogP contribution in [-0.4, -0.2) is 5.11 Å². The maximum atomic E-state index is 9.75. The molecule has 0 bridgehead atoms. The van der Waals surface area contributed by atoms with Crippen LogP contribution in [0.25, 0.3) is 0 Å². The minimum atomic E-state index is 0.493. The van der Waals surface area contributed by atoms with Gasteiger partial charge in [0.05, 0.1) is 0 Å². The number of phenols is 1. The van der Waals surface area contributed by atoms with Crippen molar-refractivity contribution in [3.05, 3.63) is 29.3 Å². The molecule has 0 amide bonds. The van der Waals surface area contributed by atoms with Crippen molar-refractivity contribution >= 4 is 0 Å². The van der Waals surface area contributed by atoms with Gasteiger partial charge in [0, 0.05) is 0 Å². The fourth-order valence-electron chi connectivity index (χ4n) is 2.24. The van der Waals surface area contributed by atoms with Crippen LogP contribution in [0.4, 0.5) is 0 Å². The van der Waals surface area contributed by atoms with Crippen LogP contribution in [0, 0.1) is 6.92 Å². The average molecular weight is 176 g/mol. The zero-order valence-electron chi connectivity index (χ0n) is 8.09. The molecular weight excluding hydrogens is 160 g/mol. The third-order valence-electron chi connectivity index (χ3n) is 2.98. The maximum absolute atomic E-state index is 9.75. The molecule has 0 unspecified atom stereocenters. The van der Waals surface area contributed by atoms with E-state index < -0.39 is 0 Å². The highest BCUT2D eigenvalue weighted by Crippen LogP contribution is 2.38. The molecular formula is C12H16O. The lowest BCUT2D eigenvalue weighted by Gasteiger charge is -2.11. The molecule has 1 aromatic carbocycles. The number of phenolic OH excluding ortho intramolecular Hbond substituents is 1. The number of aromatic hydroxyl groups is 1. The molecule has 0 radical (unpaired) electrons. The lowest BCUT2D eigenvalue weighted by molar-refractivity contribution is 0.460. The third-order valence-corrected chi connectivity index (χ3v) is 2.98. The van der Waals surface area contributed by atoms with E-state index in [1.165, 1.54) is 25.7 Å². The summed E-state index contributed by atoms with van der Waals surface area (Å²) in [5.74, 6) is 1.10. The Kier molecular flexibility index (Phi) is 2.26. The second-order valence-electron chi connectivity index (χ2n) is 4.04. The van der Waals surface area contributed by atoms with Gasteiger partial charge in [0.1, 0.15) is 5.75 Å². The summed E-state index contributed by atoms with van der Waals surface area (Å²) in [5.41, 5.74) is 2.29. The van der Waals surface area contributed by atoms with Crippen molar-refractivity contribution in [2.75, 3.05) is 0 Å². The van der Waals surface area contributed by atoms with E-state index in [2.05, 4.69) is 12.1 Å². The minimum absolute atomic E-state index is 0.493. The van der Waals surface area contributed by atoms with Gasteiger partial charge in [0.2, 0.25) is 0 Å². The fraction of sp³-hybridized carbons (Fsp3) is 0.500. The Bertz CT molecular complexity index is 298. The number of aryl methyl sites for hydroxylation is 1. The molecule has 1 aliphatic carbocycles. The van der Waals surface area contributed by atoms with Crippen molar-refractivity contribution in [2.24, 2.45) is 0 Å². The van der Waals surface area contributed by atoms with E-state index in [0.717, 1.165) is 11.1 Å². The fourth-order valence-corrected chi connectivity index (χ4v) is 2.24. The second-order valence-corrected chi connectivity index (χ2v) is 4.04. The topological polar surface area (TPSA) is 20.2 Å². The first-order valence-corrected chi connectivity index (χ1v) is 5.07. The average Bonchev–Trinajstić information content (AvgIpc) is 2.56. The van der Waals surface area contributed by atoms with E-state index in [1.807, 2.05) is 13.0 Å². The molecule has 13 heavy (non-hydrogen) atoms. The first-order chi connectivity index (χ1) is 6.27. The van der Waals surface area contributed by atoms with Gasteiger partial charge in [-0.1, -0.05) is 25.0 Å². The first kappa shape index (κ1) is 8.61. The molecule has 0 atom stereocenters. The van der Waals surface area contributed by atoms with Gasteiger partial charge < -0.3 is 5.11 Å². The summed E-state index contributed by atoms with van der Waals surface area (Å²) in [6.45, 7) is 2.01. The monoisotopic (exact) mass is 176 g/mol. The standard InChI is InChI=1S/C12H16O/c1-9-6-7-11(12(13)8-9)10-4-2-3-5-10/h6-8,10,13H,2-5H2,1H3. The molecule has 0 aromatic heterocycles. The maximum Gasteiger partial charge on any atom is 0.119 e. The molecule has 1 aromatic rings. The zero-order chi connectivity index (χ0) is 9.26. The molecule has 1 aliphatic rings. The second kappa shape index (κ2) is 3.41. The lowest BCUT2D eigenvalue weighted by atomic mass is 9.96. The van der Waals surface area contributed by atoms with Gasteiger partial charge in [-0.3, -0.25) is 0 Å². The highest BCUT2D eigenvalue weighted by Gasteiger charge is 2.19. The van der Waals surface area contributed by atoms with Crippen molar-refractivity contribution in [3.8, 4) is 5.75 Å². The molecule has 2 rings (SSSR count). The highest BCUT2D eigenvalue weighted by atomic mass is 16.3. The summed E-state index contributed by atoms with van der Waals surface area (Å²) in [6.07, 6.45) is 5.13. The largest absolute Gasteiger partial charge is 0.508 e. The minimum Gasteiger partial charge on any atom is -0.508 e. The smallest absolute Gasteiger partial charge is 0.119 e. The molecule has 70 valence electrons. The Morgan fingerprint density at radius 1 is 1.23 bits per heavy atom. The molecule has 1 saturated carbocycles. The van der Waals surface area contributed by atoms with Crippen LogP contribution in [0.3, 0.4) is 0 Å². The molecule has 1 heteroatoms. The Morgan fingerprint density at radius 3 is 2.54 bits per heavy atom. The molecule has 0 aliphatic heterocycles. The molecule has 1 nitrogen and oxygen atoms in total. The van der Waals surface area contributed by atoms with E-state index in [-0.39, 0.29) is 0 Å². The summed E-state index contributed by atoms with van der Waals surface area (Å²) in [5, 5.41) is 9.75. The Balaban J connectivity index is 2.29. The quantitative estimate of drug-likeness (QED) is 0.695. The lowest BCUT2D eigenvalue weighted by Crippen LogP contribution is -1.92. The van der Waals surface area contributed by atoms with E-state index in [9.17, 15) is 5.11 Å². The Hall–Kier alpha value is -0.980. The molecule has 0 heterocycles. The highest BCUT2D eigenvalue weighted by molar-refractivity contribution is 5.38. The van der Waals surface area contributed by atoms with Crippen molar-refractivity contribution in [1.82, 2.24) is 0 Å². The predicted octanol–water partition coefficient (Wildman–Crippen LogP) is 3.36. The van der Waals surface area contributed by atoms with Gasteiger partial charge in [0.25, 0.3) is 0 Å². The van der Waals surface area contributed by atoms with Gasteiger partial charge in [-0.15, -0.1) is 0 Å². The van der Waals surface area contributed by atoms with Crippen molar-refractivity contribution in [3.63, 3.8) is 0 Å². The summed E-state index contributed by atoms with van der Waals surface area (Å²) in [4.78, 5) is 0. The van der Waals surface area contributed by atoms with Crippen LogP contribution in [0.1, 0.15) is 42.7 Å². The van der Waals surface area contributed by atoms with Crippen LogP contribution >= 0.6 is 0 Å². The van der Waals surface area contributed by atoms with E-state index in [1.54, 1.807) is 0 Å². The zero-order valence-corrected chi connectivity index (χ0v) is 8.09. The summed E-state index contributed by atoms with van der Waals surface area (Å²) in [7, 11) is 0.